The predicted molar refractivity (Wildman–Crippen MR) is 108 cm³/mol. The van der Waals surface area contributed by atoms with Crippen LogP contribution in [0.1, 0.15) is 35.7 Å². The standard InChI is InChI=1S/C21H26N2O4S/c1-3-16-7-9-20(10-8-16)28(25,26)22-18-11-13-23(14-12-18)21(24)17-5-4-6-19(15-17)27-2/h4-10,15,18,22H,3,11-14H2,1-2H3. The van der Waals surface area contributed by atoms with Crippen molar-refractivity contribution in [1.82, 2.24) is 9.62 Å². The van der Waals surface area contributed by atoms with Crippen LogP contribution in [0.3, 0.4) is 0 Å². The van der Waals surface area contributed by atoms with Gasteiger partial charge in [0, 0.05) is 24.7 Å². The first-order valence-corrected chi connectivity index (χ1v) is 11.0. The SMILES string of the molecule is CCc1ccc(S(=O)(=O)NC2CCN(C(=O)c3cccc(OC)c3)CC2)cc1. The van der Waals surface area contributed by atoms with Crippen molar-refractivity contribution in [3.63, 3.8) is 0 Å². The monoisotopic (exact) mass is 402 g/mol. The van der Waals surface area contributed by atoms with Gasteiger partial charge >= 0.3 is 0 Å². The zero-order chi connectivity index (χ0) is 20.1. The van der Waals surface area contributed by atoms with Gasteiger partial charge in [-0.1, -0.05) is 25.1 Å². The molecule has 1 fully saturated rings. The van der Waals surface area contributed by atoms with Crippen LogP contribution in [-0.2, 0) is 16.4 Å². The topological polar surface area (TPSA) is 75.7 Å². The Labute approximate surface area is 166 Å². The van der Waals surface area contributed by atoms with Gasteiger partial charge in [0.25, 0.3) is 5.91 Å². The zero-order valence-corrected chi connectivity index (χ0v) is 17.0. The van der Waals surface area contributed by atoms with E-state index in [4.69, 9.17) is 4.74 Å². The molecule has 1 amide bonds. The maximum atomic E-state index is 12.7. The van der Waals surface area contributed by atoms with Gasteiger partial charge in [0.2, 0.25) is 10.0 Å². The molecule has 0 unspecified atom stereocenters. The second kappa shape index (κ2) is 8.75. The number of rotatable bonds is 6. The van der Waals surface area contributed by atoms with E-state index < -0.39 is 10.0 Å². The molecule has 28 heavy (non-hydrogen) atoms. The average Bonchev–Trinajstić information content (AvgIpc) is 2.73. The normalized spacial score (nSPS) is 15.4. The van der Waals surface area contributed by atoms with E-state index in [-0.39, 0.29) is 16.8 Å². The van der Waals surface area contributed by atoms with Crippen molar-refractivity contribution in [2.24, 2.45) is 0 Å². The van der Waals surface area contributed by atoms with Gasteiger partial charge in [0.05, 0.1) is 12.0 Å². The summed E-state index contributed by atoms with van der Waals surface area (Å²) in [6, 6.07) is 13.8. The number of carbonyl (C=O) groups is 1. The molecule has 0 atom stereocenters. The molecule has 0 radical (unpaired) electrons. The summed E-state index contributed by atoms with van der Waals surface area (Å²) in [6.07, 6.45) is 2.04. The van der Waals surface area contributed by atoms with Crippen molar-refractivity contribution in [1.29, 1.82) is 0 Å². The van der Waals surface area contributed by atoms with Gasteiger partial charge in [-0.3, -0.25) is 4.79 Å². The van der Waals surface area contributed by atoms with E-state index >= 15 is 0 Å². The molecule has 0 saturated carbocycles. The third kappa shape index (κ3) is 4.72. The highest BCUT2D eigenvalue weighted by Gasteiger charge is 2.27. The second-order valence-electron chi connectivity index (χ2n) is 6.92. The van der Waals surface area contributed by atoms with Crippen LogP contribution in [0.2, 0.25) is 0 Å². The number of sulfonamides is 1. The molecular formula is C21H26N2O4S. The van der Waals surface area contributed by atoms with E-state index in [1.165, 1.54) is 0 Å². The summed E-state index contributed by atoms with van der Waals surface area (Å²) in [7, 11) is -1.99. The van der Waals surface area contributed by atoms with E-state index in [1.54, 1.807) is 48.4 Å². The fourth-order valence-corrected chi connectivity index (χ4v) is 4.64. The summed E-state index contributed by atoms with van der Waals surface area (Å²) in [6.45, 7) is 3.05. The lowest BCUT2D eigenvalue weighted by Crippen LogP contribution is -2.46. The van der Waals surface area contributed by atoms with Gasteiger partial charge in [-0.05, 0) is 55.2 Å². The number of benzene rings is 2. The van der Waals surface area contributed by atoms with E-state index in [9.17, 15) is 13.2 Å². The van der Waals surface area contributed by atoms with Gasteiger partial charge in [0.15, 0.2) is 0 Å². The molecule has 0 aliphatic carbocycles. The average molecular weight is 403 g/mol. The molecule has 1 aliphatic heterocycles. The number of hydrogen-bond acceptors (Lipinski definition) is 4. The number of methoxy groups -OCH3 is 1. The van der Waals surface area contributed by atoms with Crippen LogP contribution in [-0.4, -0.2) is 45.5 Å². The van der Waals surface area contributed by atoms with Crippen molar-refractivity contribution >= 4 is 15.9 Å². The second-order valence-corrected chi connectivity index (χ2v) is 8.63. The molecule has 0 bridgehead atoms. The van der Waals surface area contributed by atoms with Crippen LogP contribution >= 0.6 is 0 Å². The third-order valence-electron chi connectivity index (χ3n) is 5.06. The molecule has 1 saturated heterocycles. The smallest absolute Gasteiger partial charge is 0.253 e. The molecule has 6 nitrogen and oxygen atoms in total. The number of carbonyl (C=O) groups excluding carboxylic acids is 1. The number of hydrogen-bond donors (Lipinski definition) is 1. The molecule has 2 aromatic carbocycles. The van der Waals surface area contributed by atoms with E-state index in [0.29, 0.717) is 37.2 Å². The molecule has 0 aromatic heterocycles. The summed E-state index contributed by atoms with van der Waals surface area (Å²) in [4.78, 5) is 14.7. The Bertz CT molecular complexity index is 918. The molecule has 3 rings (SSSR count). The first kappa shape index (κ1) is 20.4. The zero-order valence-electron chi connectivity index (χ0n) is 16.2. The van der Waals surface area contributed by atoms with Crippen molar-refractivity contribution in [3.05, 3.63) is 59.7 Å². The summed E-state index contributed by atoms with van der Waals surface area (Å²) in [5, 5.41) is 0. The van der Waals surface area contributed by atoms with Crippen molar-refractivity contribution < 1.29 is 17.9 Å². The van der Waals surface area contributed by atoms with Crippen LogP contribution in [0.5, 0.6) is 5.75 Å². The third-order valence-corrected chi connectivity index (χ3v) is 6.60. The fraction of sp³-hybridized carbons (Fsp3) is 0.381. The number of amides is 1. The number of nitrogens with zero attached hydrogens (tertiary/aromatic N) is 1. The van der Waals surface area contributed by atoms with E-state index in [0.717, 1.165) is 12.0 Å². The summed E-state index contributed by atoms with van der Waals surface area (Å²) in [5.74, 6) is 0.581. The van der Waals surface area contributed by atoms with Crippen LogP contribution in [0.4, 0.5) is 0 Å². The minimum Gasteiger partial charge on any atom is -0.497 e. The van der Waals surface area contributed by atoms with Gasteiger partial charge in [-0.15, -0.1) is 0 Å². The molecule has 150 valence electrons. The Morgan fingerprint density at radius 2 is 1.82 bits per heavy atom. The molecule has 1 N–H and O–H groups in total. The maximum Gasteiger partial charge on any atom is 0.253 e. The fourth-order valence-electron chi connectivity index (χ4n) is 3.33. The van der Waals surface area contributed by atoms with Gasteiger partial charge in [-0.2, -0.15) is 0 Å². The summed E-state index contributed by atoms with van der Waals surface area (Å²) < 4.78 is 33.2. The van der Waals surface area contributed by atoms with Gasteiger partial charge < -0.3 is 9.64 Å². The molecule has 2 aromatic rings. The number of piperidine rings is 1. The summed E-state index contributed by atoms with van der Waals surface area (Å²) >= 11 is 0. The molecule has 1 aliphatic rings. The lowest BCUT2D eigenvalue weighted by molar-refractivity contribution is 0.0711. The number of likely N-dealkylation sites (tertiary alicyclic amines) is 1. The Hall–Kier alpha value is -2.38. The maximum absolute atomic E-state index is 12.7. The number of nitrogens with one attached hydrogen (secondary N) is 1. The quantitative estimate of drug-likeness (QED) is 0.806. The van der Waals surface area contributed by atoms with E-state index in [1.807, 2.05) is 19.1 Å². The largest absolute Gasteiger partial charge is 0.497 e. The Kier molecular flexibility index (Phi) is 6.36. The van der Waals surface area contributed by atoms with Crippen molar-refractivity contribution in [2.45, 2.75) is 37.1 Å². The lowest BCUT2D eigenvalue weighted by atomic mass is 10.0. The molecular weight excluding hydrogens is 376 g/mol. The first-order valence-electron chi connectivity index (χ1n) is 9.47. The van der Waals surface area contributed by atoms with Gasteiger partial charge in [0.1, 0.15) is 5.75 Å². The number of ether oxygens (including phenoxy) is 1. The predicted octanol–water partition coefficient (Wildman–Crippen LogP) is 2.84. The van der Waals surface area contributed by atoms with Gasteiger partial charge in [-0.25, -0.2) is 13.1 Å². The van der Waals surface area contributed by atoms with E-state index in [2.05, 4.69) is 4.72 Å². The van der Waals surface area contributed by atoms with Crippen LogP contribution in [0, 0.1) is 0 Å². The molecule has 1 heterocycles. The molecule has 7 heteroatoms. The Morgan fingerprint density at radius 3 is 2.43 bits per heavy atom. The minimum atomic E-state index is -3.55. The highest BCUT2D eigenvalue weighted by molar-refractivity contribution is 7.89. The Morgan fingerprint density at radius 1 is 1.14 bits per heavy atom. The van der Waals surface area contributed by atoms with Crippen molar-refractivity contribution in [2.75, 3.05) is 20.2 Å². The van der Waals surface area contributed by atoms with Crippen LogP contribution in [0.25, 0.3) is 0 Å². The van der Waals surface area contributed by atoms with Crippen molar-refractivity contribution in [3.8, 4) is 5.75 Å². The number of aryl methyl sites for hydroxylation is 1. The summed E-state index contributed by atoms with van der Waals surface area (Å²) in [5.41, 5.74) is 1.68. The highest BCUT2D eigenvalue weighted by Crippen LogP contribution is 2.19. The Balaban J connectivity index is 1.59. The lowest BCUT2D eigenvalue weighted by Gasteiger charge is -2.32. The van der Waals surface area contributed by atoms with Crippen LogP contribution in [0.15, 0.2) is 53.4 Å². The molecule has 0 spiro atoms. The highest BCUT2D eigenvalue weighted by atomic mass is 32.2. The first-order chi connectivity index (χ1) is 13.4. The van der Waals surface area contributed by atoms with Crippen LogP contribution < -0.4 is 9.46 Å². The minimum absolute atomic E-state index is 0.0599.